The maximum absolute atomic E-state index is 11.7. The molecule has 0 aromatic carbocycles. The normalized spacial score (nSPS) is 14.1. The lowest BCUT2D eigenvalue weighted by Gasteiger charge is -2.11. The van der Waals surface area contributed by atoms with Gasteiger partial charge in [0, 0.05) is 6.04 Å². The molecule has 1 heterocycles. The van der Waals surface area contributed by atoms with E-state index in [4.69, 9.17) is 0 Å². The molecule has 0 spiro atoms. The molecule has 1 aromatic heterocycles. The first kappa shape index (κ1) is 11.7. The average Bonchev–Trinajstić information content (AvgIpc) is 2.54. The van der Waals surface area contributed by atoms with E-state index in [0.717, 1.165) is 12.8 Å². The van der Waals surface area contributed by atoms with Crippen molar-refractivity contribution in [1.82, 2.24) is 4.72 Å². The van der Waals surface area contributed by atoms with E-state index in [-0.39, 0.29) is 6.04 Å². The molecule has 1 unspecified atom stereocenters. The summed E-state index contributed by atoms with van der Waals surface area (Å²) in [7, 11) is -3.27. The van der Waals surface area contributed by atoms with Gasteiger partial charge in [0.05, 0.1) is 0 Å². The van der Waals surface area contributed by atoms with Crippen molar-refractivity contribution in [3.63, 3.8) is 0 Å². The zero-order chi connectivity index (χ0) is 10.6. The number of hydrogen-bond acceptors (Lipinski definition) is 3. The van der Waals surface area contributed by atoms with Gasteiger partial charge in [0.15, 0.2) is 0 Å². The summed E-state index contributed by atoms with van der Waals surface area (Å²) in [5.41, 5.74) is 0. The van der Waals surface area contributed by atoms with Crippen molar-refractivity contribution in [3.05, 3.63) is 17.5 Å². The Bertz CT molecular complexity index is 356. The van der Waals surface area contributed by atoms with Crippen molar-refractivity contribution in [1.29, 1.82) is 0 Å². The molecule has 1 atom stereocenters. The Morgan fingerprint density at radius 2 is 2.29 bits per heavy atom. The molecule has 0 aliphatic carbocycles. The molecule has 0 bridgehead atoms. The van der Waals surface area contributed by atoms with Gasteiger partial charge < -0.3 is 0 Å². The fraction of sp³-hybridized carbons (Fsp3) is 0.556. The van der Waals surface area contributed by atoms with Gasteiger partial charge in [-0.2, -0.15) is 0 Å². The van der Waals surface area contributed by atoms with E-state index < -0.39 is 10.0 Å². The SMILES string of the molecule is CCCC(C)NS(=O)(=O)c1cccs1. The lowest BCUT2D eigenvalue weighted by Crippen LogP contribution is -2.31. The molecule has 0 aliphatic rings. The van der Waals surface area contributed by atoms with E-state index in [0.29, 0.717) is 4.21 Å². The third kappa shape index (κ3) is 3.08. The molecule has 3 nitrogen and oxygen atoms in total. The summed E-state index contributed by atoms with van der Waals surface area (Å²) in [6.07, 6.45) is 1.85. The van der Waals surface area contributed by atoms with Gasteiger partial charge in [-0.15, -0.1) is 11.3 Å². The minimum atomic E-state index is -3.27. The van der Waals surface area contributed by atoms with Crippen LogP contribution in [0.3, 0.4) is 0 Å². The van der Waals surface area contributed by atoms with Crippen molar-refractivity contribution in [2.24, 2.45) is 0 Å². The number of hydrogen-bond donors (Lipinski definition) is 1. The molecule has 1 N–H and O–H groups in total. The molecule has 14 heavy (non-hydrogen) atoms. The number of rotatable bonds is 5. The van der Waals surface area contributed by atoms with Crippen LogP contribution in [0.25, 0.3) is 0 Å². The highest BCUT2D eigenvalue weighted by molar-refractivity contribution is 7.91. The smallest absolute Gasteiger partial charge is 0.208 e. The highest BCUT2D eigenvalue weighted by Crippen LogP contribution is 2.16. The van der Waals surface area contributed by atoms with Gasteiger partial charge in [0.2, 0.25) is 10.0 Å². The van der Waals surface area contributed by atoms with Crippen molar-refractivity contribution in [2.75, 3.05) is 0 Å². The fourth-order valence-corrected chi connectivity index (χ4v) is 3.52. The minimum Gasteiger partial charge on any atom is -0.208 e. The predicted molar refractivity (Wildman–Crippen MR) is 59.0 cm³/mol. The summed E-state index contributed by atoms with van der Waals surface area (Å²) in [6, 6.07) is 3.36. The summed E-state index contributed by atoms with van der Waals surface area (Å²) in [4.78, 5) is 0. The van der Waals surface area contributed by atoms with Gasteiger partial charge in [0.25, 0.3) is 0 Å². The number of nitrogens with one attached hydrogen (secondary N) is 1. The molecular weight excluding hydrogens is 218 g/mol. The molecule has 0 amide bonds. The molecule has 0 fully saturated rings. The largest absolute Gasteiger partial charge is 0.250 e. The van der Waals surface area contributed by atoms with Crippen LogP contribution in [0.1, 0.15) is 26.7 Å². The van der Waals surface area contributed by atoms with E-state index in [1.165, 1.54) is 11.3 Å². The van der Waals surface area contributed by atoms with E-state index in [1.807, 2.05) is 13.8 Å². The number of sulfonamides is 1. The summed E-state index contributed by atoms with van der Waals surface area (Å²) in [6.45, 7) is 3.92. The van der Waals surface area contributed by atoms with Crippen LogP contribution in [-0.2, 0) is 10.0 Å². The van der Waals surface area contributed by atoms with Gasteiger partial charge >= 0.3 is 0 Å². The average molecular weight is 233 g/mol. The maximum Gasteiger partial charge on any atom is 0.250 e. The van der Waals surface area contributed by atoms with Crippen LogP contribution in [-0.4, -0.2) is 14.5 Å². The molecule has 0 saturated carbocycles. The highest BCUT2D eigenvalue weighted by Gasteiger charge is 2.17. The van der Waals surface area contributed by atoms with Gasteiger partial charge in [0.1, 0.15) is 4.21 Å². The first-order chi connectivity index (χ1) is 6.56. The monoisotopic (exact) mass is 233 g/mol. The second-order valence-electron chi connectivity index (χ2n) is 3.24. The molecule has 1 rings (SSSR count). The first-order valence-electron chi connectivity index (χ1n) is 4.62. The Morgan fingerprint density at radius 1 is 1.57 bits per heavy atom. The Morgan fingerprint density at radius 3 is 2.79 bits per heavy atom. The topological polar surface area (TPSA) is 46.2 Å². The highest BCUT2D eigenvalue weighted by atomic mass is 32.2. The van der Waals surface area contributed by atoms with Crippen LogP contribution in [0, 0.1) is 0 Å². The third-order valence-electron chi connectivity index (χ3n) is 1.84. The molecule has 0 saturated heterocycles. The van der Waals surface area contributed by atoms with Crippen molar-refractivity contribution >= 4 is 21.4 Å². The molecule has 80 valence electrons. The van der Waals surface area contributed by atoms with E-state index in [2.05, 4.69) is 4.72 Å². The molecule has 0 aliphatic heterocycles. The van der Waals surface area contributed by atoms with Crippen LogP contribution in [0.15, 0.2) is 21.7 Å². The van der Waals surface area contributed by atoms with Gasteiger partial charge in [-0.1, -0.05) is 19.4 Å². The standard InChI is InChI=1S/C9H15NO2S2/c1-3-5-8(2)10-14(11,12)9-6-4-7-13-9/h4,6-8,10H,3,5H2,1-2H3. The molecule has 1 aromatic rings. The first-order valence-corrected chi connectivity index (χ1v) is 6.98. The second kappa shape index (κ2) is 4.91. The van der Waals surface area contributed by atoms with E-state index >= 15 is 0 Å². The third-order valence-corrected chi connectivity index (χ3v) is 4.82. The predicted octanol–water partition coefficient (Wildman–Crippen LogP) is 2.21. The lowest BCUT2D eigenvalue weighted by atomic mass is 10.2. The van der Waals surface area contributed by atoms with Crippen molar-refractivity contribution < 1.29 is 8.42 Å². The zero-order valence-corrected chi connectivity index (χ0v) is 9.99. The summed E-state index contributed by atoms with van der Waals surface area (Å²) >= 11 is 1.24. The summed E-state index contributed by atoms with van der Waals surface area (Å²) in [5, 5.41) is 1.76. The fourth-order valence-electron chi connectivity index (χ4n) is 1.23. The Kier molecular flexibility index (Phi) is 4.10. The minimum absolute atomic E-state index is 0.00657. The van der Waals surface area contributed by atoms with Gasteiger partial charge in [-0.25, -0.2) is 13.1 Å². The van der Waals surface area contributed by atoms with Crippen molar-refractivity contribution in [2.45, 2.75) is 36.9 Å². The zero-order valence-electron chi connectivity index (χ0n) is 8.36. The van der Waals surface area contributed by atoms with Crippen LogP contribution in [0.4, 0.5) is 0 Å². The maximum atomic E-state index is 11.7. The Balaban J connectivity index is 2.68. The van der Waals surface area contributed by atoms with E-state index in [1.54, 1.807) is 17.5 Å². The van der Waals surface area contributed by atoms with Crippen LogP contribution < -0.4 is 4.72 Å². The van der Waals surface area contributed by atoms with Crippen LogP contribution in [0.5, 0.6) is 0 Å². The van der Waals surface area contributed by atoms with Gasteiger partial charge in [-0.05, 0) is 24.8 Å². The van der Waals surface area contributed by atoms with E-state index in [9.17, 15) is 8.42 Å². The Labute approximate surface area is 89.2 Å². The Hall–Kier alpha value is -0.390. The molecule has 0 radical (unpaired) electrons. The van der Waals surface area contributed by atoms with Crippen LogP contribution >= 0.6 is 11.3 Å². The summed E-state index contributed by atoms with van der Waals surface area (Å²) < 4.78 is 26.4. The lowest BCUT2D eigenvalue weighted by molar-refractivity contribution is 0.545. The van der Waals surface area contributed by atoms with Crippen molar-refractivity contribution in [3.8, 4) is 0 Å². The number of thiophene rings is 1. The molecule has 5 heteroatoms. The molecular formula is C9H15NO2S2. The van der Waals surface area contributed by atoms with Crippen LogP contribution in [0.2, 0.25) is 0 Å². The second-order valence-corrected chi connectivity index (χ2v) is 6.13. The van der Waals surface area contributed by atoms with Gasteiger partial charge in [-0.3, -0.25) is 0 Å². The summed E-state index contributed by atoms with van der Waals surface area (Å²) in [5.74, 6) is 0. The quantitative estimate of drug-likeness (QED) is 0.847.